The zero-order valence-electron chi connectivity index (χ0n) is 18.1. The van der Waals surface area contributed by atoms with Crippen LogP contribution in [0.2, 0.25) is 5.02 Å². The highest BCUT2D eigenvalue weighted by molar-refractivity contribution is 7.19. The Balaban J connectivity index is 1.64. The van der Waals surface area contributed by atoms with Gasteiger partial charge in [0.05, 0.1) is 10.9 Å². The minimum absolute atomic E-state index is 0.0755. The van der Waals surface area contributed by atoms with Gasteiger partial charge >= 0.3 is 0 Å². The third-order valence-corrected chi connectivity index (χ3v) is 7.19. The van der Waals surface area contributed by atoms with Gasteiger partial charge in [-0.05, 0) is 73.0 Å². The molecule has 1 fully saturated rings. The second kappa shape index (κ2) is 9.43. The molecule has 0 radical (unpaired) electrons. The quantitative estimate of drug-likeness (QED) is 0.388. The van der Waals surface area contributed by atoms with Crippen LogP contribution in [0.4, 0.5) is 5.82 Å². The molecule has 1 aliphatic rings. The summed E-state index contributed by atoms with van der Waals surface area (Å²) in [6, 6.07) is 14.3. The first kappa shape index (κ1) is 21.8. The summed E-state index contributed by atoms with van der Waals surface area (Å²) in [5, 5.41) is 11.8. The van der Waals surface area contributed by atoms with Crippen molar-refractivity contribution in [2.75, 3.05) is 18.4 Å². The molecule has 33 heavy (non-hydrogen) atoms. The number of aromatic nitrogens is 4. The van der Waals surface area contributed by atoms with E-state index in [4.69, 9.17) is 11.6 Å². The van der Waals surface area contributed by atoms with Crippen molar-refractivity contribution in [2.45, 2.75) is 25.8 Å². The number of pyridine rings is 1. The van der Waals surface area contributed by atoms with Crippen LogP contribution >= 0.6 is 22.9 Å². The number of carbonyl (C=O) groups is 1. The number of aromatic amines is 1. The highest BCUT2D eigenvalue weighted by atomic mass is 35.5. The lowest BCUT2D eigenvalue weighted by molar-refractivity contribution is -0.114. The van der Waals surface area contributed by atoms with E-state index in [-0.39, 0.29) is 11.9 Å². The third-order valence-electron chi connectivity index (χ3n) is 5.73. The molecule has 1 aliphatic heterocycles. The molecule has 3 aromatic heterocycles. The van der Waals surface area contributed by atoms with Gasteiger partial charge in [-0.15, -0.1) is 21.5 Å². The number of hydrogen-bond donors (Lipinski definition) is 2. The normalized spacial score (nSPS) is 15.0. The minimum atomic E-state index is -0.147. The second-order valence-electron chi connectivity index (χ2n) is 8.04. The monoisotopic (exact) mass is 478 g/mol. The number of hydrogen-bond acceptors (Lipinski definition) is 6. The highest BCUT2D eigenvalue weighted by Crippen LogP contribution is 2.44. The van der Waals surface area contributed by atoms with Crippen molar-refractivity contribution in [1.82, 2.24) is 25.1 Å². The summed E-state index contributed by atoms with van der Waals surface area (Å²) in [6.07, 6.45) is 5.69. The molecular weight excluding hydrogens is 456 g/mol. The summed E-state index contributed by atoms with van der Waals surface area (Å²) in [6.45, 7) is 3.55. The summed E-state index contributed by atoms with van der Waals surface area (Å²) in [5.41, 5.74) is 3.36. The molecule has 0 saturated carbocycles. The molecule has 0 bridgehead atoms. The molecule has 4 heterocycles. The Bertz CT molecular complexity index is 1250. The zero-order chi connectivity index (χ0) is 22.8. The van der Waals surface area contributed by atoms with Gasteiger partial charge in [-0.2, -0.15) is 0 Å². The standard InChI is InChI=1S/C24H23ClN6OS/c1-15(32)29-21-12-17(8-9-26-21)20-13-19(23(33-20)24-27-14-28-30-24)22(31-10-2-3-11-31)16-4-6-18(25)7-5-16/h4-9,12-14,22H,2-3,10-11H2,1H3,(H,26,29,32)(H,27,28,30). The lowest BCUT2D eigenvalue weighted by Crippen LogP contribution is -2.26. The van der Waals surface area contributed by atoms with Crippen LogP contribution in [0.1, 0.15) is 36.9 Å². The van der Waals surface area contributed by atoms with Crippen LogP contribution in [0.15, 0.2) is 55.0 Å². The van der Waals surface area contributed by atoms with Gasteiger partial charge in [0.1, 0.15) is 12.1 Å². The summed E-state index contributed by atoms with van der Waals surface area (Å²) in [7, 11) is 0. The molecular formula is C24H23ClN6OS. The van der Waals surface area contributed by atoms with Gasteiger partial charge < -0.3 is 10.3 Å². The topological polar surface area (TPSA) is 86.8 Å². The minimum Gasteiger partial charge on any atom is -0.327 e. The number of benzene rings is 1. The van der Waals surface area contributed by atoms with Crippen LogP contribution in [0.5, 0.6) is 0 Å². The smallest absolute Gasteiger partial charge is 0.222 e. The SMILES string of the molecule is CC(=O)Nc1cc(-c2cc(C(c3ccc(Cl)cc3)N3CCCC3)c(-c3nnc[nH]3)s2)ccn1. The Morgan fingerprint density at radius 3 is 2.67 bits per heavy atom. The van der Waals surface area contributed by atoms with E-state index in [1.807, 2.05) is 24.3 Å². The number of likely N-dealkylation sites (tertiary alicyclic amines) is 1. The van der Waals surface area contributed by atoms with Gasteiger partial charge in [-0.3, -0.25) is 9.69 Å². The molecule has 168 valence electrons. The Morgan fingerprint density at radius 1 is 1.18 bits per heavy atom. The van der Waals surface area contributed by atoms with E-state index in [9.17, 15) is 4.79 Å². The molecule has 1 atom stereocenters. The van der Waals surface area contributed by atoms with Crippen molar-refractivity contribution in [1.29, 1.82) is 0 Å². The number of nitrogens with zero attached hydrogens (tertiary/aromatic N) is 4. The zero-order valence-corrected chi connectivity index (χ0v) is 19.7. The van der Waals surface area contributed by atoms with E-state index >= 15 is 0 Å². The van der Waals surface area contributed by atoms with Gasteiger partial charge in [0.2, 0.25) is 5.91 Å². The summed E-state index contributed by atoms with van der Waals surface area (Å²) >= 11 is 7.85. The first-order chi connectivity index (χ1) is 16.1. The second-order valence-corrected chi connectivity index (χ2v) is 9.53. The van der Waals surface area contributed by atoms with Crippen LogP contribution in [0.3, 0.4) is 0 Å². The van der Waals surface area contributed by atoms with Gasteiger partial charge in [-0.25, -0.2) is 4.98 Å². The molecule has 1 aromatic carbocycles. The van der Waals surface area contributed by atoms with E-state index in [0.29, 0.717) is 5.82 Å². The largest absolute Gasteiger partial charge is 0.327 e. The molecule has 1 amide bonds. The predicted octanol–water partition coefficient (Wildman–Crippen LogP) is 5.39. The first-order valence-electron chi connectivity index (χ1n) is 10.8. The van der Waals surface area contributed by atoms with Crippen molar-refractivity contribution in [3.05, 3.63) is 71.1 Å². The van der Waals surface area contributed by atoms with Crippen molar-refractivity contribution < 1.29 is 4.79 Å². The van der Waals surface area contributed by atoms with E-state index < -0.39 is 0 Å². The van der Waals surface area contributed by atoms with E-state index in [1.54, 1.807) is 23.9 Å². The maximum Gasteiger partial charge on any atom is 0.222 e. The molecule has 0 spiro atoms. The van der Waals surface area contributed by atoms with Gasteiger partial charge in [0.25, 0.3) is 0 Å². The molecule has 4 aromatic rings. The maximum absolute atomic E-state index is 11.5. The van der Waals surface area contributed by atoms with Gasteiger partial charge in [0.15, 0.2) is 5.82 Å². The summed E-state index contributed by atoms with van der Waals surface area (Å²) in [5.74, 6) is 1.13. The number of thiophene rings is 1. The van der Waals surface area contributed by atoms with Crippen LogP contribution in [-0.4, -0.2) is 44.1 Å². The summed E-state index contributed by atoms with van der Waals surface area (Å²) in [4.78, 5) is 23.6. The molecule has 5 rings (SSSR count). The van der Waals surface area contributed by atoms with Crippen molar-refractivity contribution in [3.63, 3.8) is 0 Å². The number of rotatable bonds is 6. The van der Waals surface area contributed by atoms with Crippen molar-refractivity contribution in [2.24, 2.45) is 0 Å². The van der Waals surface area contributed by atoms with Gasteiger partial charge in [0, 0.05) is 23.0 Å². The summed E-state index contributed by atoms with van der Waals surface area (Å²) < 4.78 is 0. The fourth-order valence-corrected chi connectivity index (χ4v) is 5.58. The number of anilines is 1. The lowest BCUT2D eigenvalue weighted by Gasteiger charge is -2.28. The van der Waals surface area contributed by atoms with Crippen LogP contribution in [-0.2, 0) is 4.79 Å². The third kappa shape index (κ3) is 4.68. The first-order valence-corrected chi connectivity index (χ1v) is 12.0. The average molecular weight is 479 g/mol. The molecule has 1 unspecified atom stereocenters. The van der Waals surface area contributed by atoms with Crippen LogP contribution < -0.4 is 5.32 Å². The number of H-pyrrole nitrogens is 1. The van der Waals surface area contributed by atoms with Crippen molar-refractivity contribution >= 4 is 34.7 Å². The van der Waals surface area contributed by atoms with Crippen LogP contribution in [0.25, 0.3) is 21.1 Å². The number of halogens is 1. The van der Waals surface area contributed by atoms with E-state index in [2.05, 4.69) is 48.6 Å². The molecule has 1 saturated heterocycles. The molecule has 9 heteroatoms. The number of amides is 1. The number of nitrogens with one attached hydrogen (secondary N) is 2. The fourth-order valence-electron chi connectivity index (χ4n) is 4.32. The van der Waals surface area contributed by atoms with Crippen molar-refractivity contribution in [3.8, 4) is 21.1 Å². The molecule has 2 N–H and O–H groups in total. The van der Waals surface area contributed by atoms with Gasteiger partial charge in [-0.1, -0.05) is 23.7 Å². The predicted molar refractivity (Wildman–Crippen MR) is 131 cm³/mol. The Hall–Kier alpha value is -3.07. The highest BCUT2D eigenvalue weighted by Gasteiger charge is 2.30. The maximum atomic E-state index is 11.5. The van der Waals surface area contributed by atoms with E-state index in [1.165, 1.54) is 30.9 Å². The molecule has 7 nitrogen and oxygen atoms in total. The Labute approximate surface area is 200 Å². The number of carbonyl (C=O) groups excluding carboxylic acids is 1. The lowest BCUT2D eigenvalue weighted by atomic mass is 9.96. The Morgan fingerprint density at radius 2 is 1.97 bits per heavy atom. The van der Waals surface area contributed by atoms with E-state index in [0.717, 1.165) is 39.3 Å². The fraction of sp³-hybridized carbons (Fsp3) is 0.250. The average Bonchev–Trinajstić information content (AvgIpc) is 3.57. The molecule has 0 aliphatic carbocycles. The van der Waals surface area contributed by atoms with Crippen LogP contribution in [0, 0.1) is 0 Å². The Kier molecular flexibility index (Phi) is 6.22.